The fraction of sp³-hybridized carbons (Fsp3) is 0.385. The SMILES string of the molecule is COC(C[C@H](C)NC(=O)c1ccc([N+](=O)[O-])cc1)C(N)=O. The number of nitro groups is 1. The Bertz CT molecular complexity index is 529. The number of rotatable bonds is 7. The maximum atomic E-state index is 11.9. The number of methoxy groups -OCH3 is 1. The molecule has 1 aromatic rings. The van der Waals surface area contributed by atoms with Crippen LogP contribution < -0.4 is 11.1 Å². The molecule has 0 saturated carbocycles. The number of nitro benzene ring substituents is 1. The van der Waals surface area contributed by atoms with Gasteiger partial charge in [0.1, 0.15) is 6.10 Å². The van der Waals surface area contributed by atoms with E-state index in [1.165, 1.54) is 31.4 Å². The van der Waals surface area contributed by atoms with Gasteiger partial charge in [-0.05, 0) is 19.1 Å². The predicted octanol–water partition coefficient (Wildman–Crippen LogP) is 0.604. The number of nitrogens with two attached hydrogens (primary N) is 1. The molecule has 0 aromatic heterocycles. The third-order valence-electron chi connectivity index (χ3n) is 2.89. The van der Waals surface area contributed by atoms with E-state index in [1.807, 2.05) is 0 Å². The maximum absolute atomic E-state index is 11.9. The maximum Gasteiger partial charge on any atom is 0.269 e. The van der Waals surface area contributed by atoms with Gasteiger partial charge in [-0.25, -0.2) is 0 Å². The molecule has 0 aliphatic rings. The van der Waals surface area contributed by atoms with E-state index in [9.17, 15) is 19.7 Å². The molecule has 0 spiro atoms. The van der Waals surface area contributed by atoms with Gasteiger partial charge >= 0.3 is 0 Å². The molecule has 0 aliphatic carbocycles. The Morgan fingerprint density at radius 2 is 1.95 bits per heavy atom. The number of nitrogens with zero attached hydrogens (tertiary/aromatic N) is 1. The topological polar surface area (TPSA) is 125 Å². The van der Waals surface area contributed by atoms with Crippen LogP contribution in [0.2, 0.25) is 0 Å². The molecule has 114 valence electrons. The van der Waals surface area contributed by atoms with E-state index in [1.54, 1.807) is 6.92 Å². The van der Waals surface area contributed by atoms with Gasteiger partial charge < -0.3 is 15.8 Å². The van der Waals surface area contributed by atoms with E-state index in [-0.39, 0.29) is 18.2 Å². The van der Waals surface area contributed by atoms with E-state index in [2.05, 4.69) is 5.32 Å². The van der Waals surface area contributed by atoms with E-state index < -0.39 is 22.8 Å². The van der Waals surface area contributed by atoms with Gasteiger partial charge in [0.15, 0.2) is 0 Å². The predicted molar refractivity (Wildman–Crippen MR) is 74.6 cm³/mol. The molecule has 2 amide bonds. The molecule has 1 rings (SSSR count). The largest absolute Gasteiger partial charge is 0.372 e. The van der Waals surface area contributed by atoms with Crippen molar-refractivity contribution in [3.8, 4) is 0 Å². The average Bonchev–Trinajstić information content (AvgIpc) is 2.44. The number of hydrogen-bond acceptors (Lipinski definition) is 5. The van der Waals surface area contributed by atoms with Crippen molar-refractivity contribution in [2.75, 3.05) is 7.11 Å². The highest BCUT2D eigenvalue weighted by atomic mass is 16.6. The molecule has 0 radical (unpaired) electrons. The van der Waals surface area contributed by atoms with Crippen molar-refractivity contribution in [1.29, 1.82) is 0 Å². The van der Waals surface area contributed by atoms with Crippen LogP contribution in [-0.2, 0) is 9.53 Å². The lowest BCUT2D eigenvalue weighted by molar-refractivity contribution is -0.384. The van der Waals surface area contributed by atoms with E-state index in [4.69, 9.17) is 10.5 Å². The van der Waals surface area contributed by atoms with Gasteiger partial charge in [-0.3, -0.25) is 19.7 Å². The van der Waals surface area contributed by atoms with Crippen molar-refractivity contribution < 1.29 is 19.2 Å². The van der Waals surface area contributed by atoms with Crippen LogP contribution in [0.1, 0.15) is 23.7 Å². The molecule has 0 aliphatic heterocycles. The Labute approximate surface area is 121 Å². The minimum atomic E-state index is -0.780. The van der Waals surface area contributed by atoms with Crippen molar-refractivity contribution in [2.45, 2.75) is 25.5 Å². The second-order valence-corrected chi connectivity index (χ2v) is 4.54. The highest BCUT2D eigenvalue weighted by Crippen LogP contribution is 2.12. The monoisotopic (exact) mass is 295 g/mol. The second-order valence-electron chi connectivity index (χ2n) is 4.54. The van der Waals surface area contributed by atoms with Gasteiger partial charge in [0.25, 0.3) is 11.6 Å². The van der Waals surface area contributed by atoms with Crippen molar-refractivity contribution in [1.82, 2.24) is 5.32 Å². The quantitative estimate of drug-likeness (QED) is 0.563. The molecule has 1 unspecified atom stereocenters. The summed E-state index contributed by atoms with van der Waals surface area (Å²) in [6, 6.07) is 4.89. The van der Waals surface area contributed by atoms with Gasteiger partial charge in [-0.15, -0.1) is 0 Å². The number of benzene rings is 1. The summed E-state index contributed by atoms with van der Waals surface area (Å²) in [6.07, 6.45) is -0.540. The number of nitrogens with one attached hydrogen (secondary N) is 1. The summed E-state index contributed by atoms with van der Waals surface area (Å²) in [5.74, 6) is -0.995. The Hall–Kier alpha value is -2.48. The zero-order chi connectivity index (χ0) is 16.0. The van der Waals surface area contributed by atoms with Crippen LogP contribution in [0.5, 0.6) is 0 Å². The number of amides is 2. The van der Waals surface area contributed by atoms with Gasteiger partial charge in [0, 0.05) is 37.3 Å². The van der Waals surface area contributed by atoms with Gasteiger partial charge in [-0.1, -0.05) is 0 Å². The summed E-state index contributed by atoms with van der Waals surface area (Å²) in [5, 5.41) is 13.2. The Kier molecular flexibility index (Phi) is 5.79. The fourth-order valence-electron chi connectivity index (χ4n) is 1.75. The number of carbonyl (C=O) groups excluding carboxylic acids is 2. The number of non-ortho nitro benzene ring substituents is 1. The summed E-state index contributed by atoms with van der Waals surface area (Å²) in [7, 11) is 1.36. The van der Waals surface area contributed by atoms with E-state index in [0.717, 1.165) is 0 Å². The smallest absolute Gasteiger partial charge is 0.269 e. The van der Waals surface area contributed by atoms with Crippen LogP contribution >= 0.6 is 0 Å². The van der Waals surface area contributed by atoms with Crippen LogP contribution in [0.4, 0.5) is 5.69 Å². The molecule has 2 atom stereocenters. The molecule has 21 heavy (non-hydrogen) atoms. The Morgan fingerprint density at radius 1 is 1.38 bits per heavy atom. The van der Waals surface area contributed by atoms with Crippen LogP contribution in [0.15, 0.2) is 24.3 Å². The molecule has 0 heterocycles. The molecule has 0 fully saturated rings. The average molecular weight is 295 g/mol. The molecular formula is C13H17N3O5. The lowest BCUT2D eigenvalue weighted by Gasteiger charge is -2.18. The van der Waals surface area contributed by atoms with Crippen molar-refractivity contribution >= 4 is 17.5 Å². The Morgan fingerprint density at radius 3 is 2.38 bits per heavy atom. The third kappa shape index (κ3) is 4.84. The van der Waals surface area contributed by atoms with E-state index in [0.29, 0.717) is 5.56 Å². The number of primary amides is 1. The molecule has 0 bridgehead atoms. The Balaban J connectivity index is 2.63. The molecule has 1 aromatic carbocycles. The number of carbonyl (C=O) groups is 2. The second kappa shape index (κ2) is 7.34. The van der Waals surface area contributed by atoms with Crippen LogP contribution in [0, 0.1) is 10.1 Å². The summed E-state index contributed by atoms with van der Waals surface area (Å²) in [6.45, 7) is 1.71. The fourth-order valence-corrected chi connectivity index (χ4v) is 1.75. The van der Waals surface area contributed by atoms with E-state index >= 15 is 0 Å². The minimum absolute atomic E-state index is 0.0900. The molecule has 8 heteroatoms. The summed E-state index contributed by atoms with van der Waals surface area (Å²) in [5.41, 5.74) is 5.34. The van der Waals surface area contributed by atoms with Crippen LogP contribution in [0.25, 0.3) is 0 Å². The lowest BCUT2D eigenvalue weighted by Crippen LogP contribution is -2.40. The normalized spacial score (nSPS) is 13.2. The highest BCUT2D eigenvalue weighted by molar-refractivity contribution is 5.94. The number of hydrogen-bond donors (Lipinski definition) is 2. The molecule has 0 saturated heterocycles. The first kappa shape index (κ1) is 16.6. The summed E-state index contributed by atoms with van der Waals surface area (Å²) < 4.78 is 4.91. The third-order valence-corrected chi connectivity index (χ3v) is 2.89. The molecule has 8 nitrogen and oxygen atoms in total. The molecule has 3 N–H and O–H groups in total. The first-order chi connectivity index (χ1) is 9.85. The van der Waals surface area contributed by atoms with Crippen molar-refractivity contribution in [2.24, 2.45) is 5.73 Å². The zero-order valence-corrected chi connectivity index (χ0v) is 11.7. The number of ether oxygens (including phenoxy) is 1. The standard InChI is InChI=1S/C13H17N3O5/c1-8(7-11(21-2)12(14)17)15-13(18)9-3-5-10(6-4-9)16(19)20/h3-6,8,11H,7H2,1-2H3,(H2,14,17)(H,15,18)/t8-,11?/m0/s1. The first-order valence-corrected chi connectivity index (χ1v) is 6.22. The van der Waals surface area contributed by atoms with Crippen molar-refractivity contribution in [3.05, 3.63) is 39.9 Å². The first-order valence-electron chi connectivity index (χ1n) is 6.22. The summed E-state index contributed by atoms with van der Waals surface area (Å²) in [4.78, 5) is 33.0. The van der Waals surface area contributed by atoms with Gasteiger partial charge in [-0.2, -0.15) is 0 Å². The van der Waals surface area contributed by atoms with Crippen LogP contribution in [0.3, 0.4) is 0 Å². The molecular weight excluding hydrogens is 278 g/mol. The highest BCUT2D eigenvalue weighted by Gasteiger charge is 2.19. The zero-order valence-electron chi connectivity index (χ0n) is 11.7. The minimum Gasteiger partial charge on any atom is -0.372 e. The van der Waals surface area contributed by atoms with Gasteiger partial charge in [0.2, 0.25) is 5.91 Å². The van der Waals surface area contributed by atoms with Gasteiger partial charge in [0.05, 0.1) is 4.92 Å². The lowest BCUT2D eigenvalue weighted by atomic mass is 10.1. The summed E-state index contributed by atoms with van der Waals surface area (Å²) >= 11 is 0. The van der Waals surface area contributed by atoms with Crippen LogP contribution in [-0.4, -0.2) is 36.0 Å². The van der Waals surface area contributed by atoms with Crippen molar-refractivity contribution in [3.63, 3.8) is 0 Å².